The zero-order chi connectivity index (χ0) is 15.9. The number of ether oxygens (including phenoxy) is 2. The van der Waals surface area contributed by atoms with Crippen LogP contribution in [0.1, 0.15) is 31.7 Å². The van der Waals surface area contributed by atoms with Crippen molar-refractivity contribution in [2.75, 3.05) is 32.8 Å². The van der Waals surface area contributed by atoms with Gasteiger partial charge in [0.05, 0.1) is 31.0 Å². The van der Waals surface area contributed by atoms with E-state index in [0.717, 1.165) is 44.3 Å². The molecule has 4 aliphatic rings. The largest absolute Gasteiger partial charge is 0.490 e. The summed E-state index contributed by atoms with van der Waals surface area (Å²) >= 11 is 0. The molecule has 1 atom stereocenters. The molecule has 4 aliphatic heterocycles. The minimum Gasteiger partial charge on any atom is -0.490 e. The van der Waals surface area contributed by atoms with E-state index in [0.29, 0.717) is 6.04 Å². The van der Waals surface area contributed by atoms with E-state index < -0.39 is 0 Å². The molecule has 4 fully saturated rings. The Morgan fingerprint density at radius 1 is 1.08 bits per heavy atom. The van der Waals surface area contributed by atoms with Crippen molar-refractivity contribution in [2.24, 2.45) is 5.92 Å². The van der Waals surface area contributed by atoms with Crippen molar-refractivity contribution >= 4 is 10.9 Å². The smallest absolute Gasteiger partial charge is 0.120 e. The second-order valence-corrected chi connectivity index (χ2v) is 7.44. The number of piperidine rings is 3. The third kappa shape index (κ3) is 2.60. The highest BCUT2D eigenvalue weighted by Crippen LogP contribution is 2.37. The molecule has 128 valence electrons. The van der Waals surface area contributed by atoms with Gasteiger partial charge in [-0.05, 0) is 50.0 Å². The normalized spacial score (nSPS) is 30.8. The number of benzene rings is 1. The molecule has 24 heavy (non-hydrogen) atoms. The maximum atomic E-state index is 6.14. The van der Waals surface area contributed by atoms with E-state index in [1.165, 1.54) is 36.8 Å². The summed E-state index contributed by atoms with van der Waals surface area (Å²) in [6.45, 7) is 5.31. The van der Waals surface area contributed by atoms with E-state index in [-0.39, 0.29) is 6.10 Å². The quantitative estimate of drug-likeness (QED) is 0.869. The number of hydrogen-bond donors (Lipinski definition) is 0. The molecule has 5 heteroatoms. The van der Waals surface area contributed by atoms with Gasteiger partial charge in [0.2, 0.25) is 0 Å². The highest BCUT2D eigenvalue weighted by molar-refractivity contribution is 5.80. The van der Waals surface area contributed by atoms with Crippen molar-refractivity contribution in [3.63, 3.8) is 0 Å². The van der Waals surface area contributed by atoms with Crippen LogP contribution in [-0.4, -0.2) is 53.6 Å². The van der Waals surface area contributed by atoms with Gasteiger partial charge in [0.15, 0.2) is 0 Å². The van der Waals surface area contributed by atoms with Crippen LogP contribution in [0.3, 0.4) is 0 Å². The lowest BCUT2D eigenvalue weighted by Crippen LogP contribution is -2.48. The zero-order valence-corrected chi connectivity index (χ0v) is 14.1. The third-order valence-electron chi connectivity index (χ3n) is 5.97. The van der Waals surface area contributed by atoms with Crippen LogP contribution in [0.5, 0.6) is 5.75 Å². The molecule has 0 spiro atoms. The standard InChI is InChI=1S/C19H25N3O2/c1-2-18-15(11-17(1)24-16-5-9-23-10-6-16)12-20-22(18)19-13-21-7-3-14(19)4-8-21/h1-2,11-12,14,16,19H,3-10,13H2/t19-/m1/s1. The fourth-order valence-electron chi connectivity index (χ4n) is 4.57. The number of fused-ring (bicyclic) bond motifs is 4. The topological polar surface area (TPSA) is 39.5 Å². The lowest BCUT2D eigenvalue weighted by atomic mass is 9.84. The highest BCUT2D eigenvalue weighted by atomic mass is 16.5. The first-order chi connectivity index (χ1) is 11.9. The van der Waals surface area contributed by atoms with E-state index in [1.54, 1.807) is 0 Å². The van der Waals surface area contributed by atoms with Gasteiger partial charge < -0.3 is 14.4 Å². The van der Waals surface area contributed by atoms with Gasteiger partial charge in [-0.25, -0.2) is 0 Å². The Morgan fingerprint density at radius 3 is 2.67 bits per heavy atom. The Morgan fingerprint density at radius 2 is 1.92 bits per heavy atom. The number of nitrogens with zero attached hydrogens (tertiary/aromatic N) is 3. The lowest BCUT2D eigenvalue weighted by Gasteiger charge is -2.44. The molecule has 5 nitrogen and oxygen atoms in total. The highest BCUT2D eigenvalue weighted by Gasteiger charge is 2.36. The lowest BCUT2D eigenvalue weighted by molar-refractivity contribution is 0.0256. The Balaban J connectivity index is 1.39. The molecule has 0 saturated carbocycles. The van der Waals surface area contributed by atoms with Crippen LogP contribution in [0.4, 0.5) is 0 Å². The maximum absolute atomic E-state index is 6.14. The molecule has 0 aliphatic carbocycles. The second kappa shape index (κ2) is 6.05. The molecule has 0 unspecified atom stereocenters. The third-order valence-corrected chi connectivity index (χ3v) is 5.97. The van der Waals surface area contributed by atoms with Crippen LogP contribution in [-0.2, 0) is 4.74 Å². The van der Waals surface area contributed by atoms with E-state index in [9.17, 15) is 0 Å². The Labute approximate surface area is 142 Å². The van der Waals surface area contributed by atoms with Crippen molar-refractivity contribution in [2.45, 2.75) is 37.8 Å². The average molecular weight is 327 g/mol. The molecule has 2 aromatic rings. The van der Waals surface area contributed by atoms with Crippen LogP contribution in [0.25, 0.3) is 10.9 Å². The van der Waals surface area contributed by atoms with Gasteiger partial charge in [-0.15, -0.1) is 0 Å². The van der Waals surface area contributed by atoms with E-state index in [4.69, 9.17) is 14.6 Å². The summed E-state index contributed by atoms with van der Waals surface area (Å²) in [6.07, 6.45) is 6.89. The van der Waals surface area contributed by atoms with Gasteiger partial charge in [-0.1, -0.05) is 0 Å². The second-order valence-electron chi connectivity index (χ2n) is 7.44. The van der Waals surface area contributed by atoms with Crippen LogP contribution in [0.15, 0.2) is 24.4 Å². The fourth-order valence-corrected chi connectivity index (χ4v) is 4.57. The van der Waals surface area contributed by atoms with Crippen molar-refractivity contribution in [1.82, 2.24) is 14.7 Å². The summed E-state index contributed by atoms with van der Waals surface area (Å²) in [6, 6.07) is 6.98. The number of hydrogen-bond acceptors (Lipinski definition) is 4. The Hall–Kier alpha value is -1.59. The molecule has 1 aromatic heterocycles. The van der Waals surface area contributed by atoms with Crippen molar-refractivity contribution in [3.05, 3.63) is 24.4 Å². The molecule has 0 amide bonds. The molecule has 0 radical (unpaired) electrons. The monoisotopic (exact) mass is 327 g/mol. The van der Waals surface area contributed by atoms with Crippen LogP contribution in [0.2, 0.25) is 0 Å². The predicted octanol–water partition coefficient (Wildman–Crippen LogP) is 2.86. The van der Waals surface area contributed by atoms with Crippen LogP contribution in [0, 0.1) is 5.92 Å². The number of aromatic nitrogens is 2. The van der Waals surface area contributed by atoms with Crippen molar-refractivity contribution < 1.29 is 9.47 Å². The minimum absolute atomic E-state index is 0.285. The average Bonchev–Trinajstić information content (AvgIpc) is 3.06. The first-order valence-electron chi connectivity index (χ1n) is 9.31. The van der Waals surface area contributed by atoms with E-state index in [2.05, 4.69) is 27.8 Å². The Kier molecular flexibility index (Phi) is 3.71. The summed E-state index contributed by atoms with van der Waals surface area (Å²) < 4.78 is 13.8. The zero-order valence-electron chi connectivity index (χ0n) is 14.1. The molecular formula is C19H25N3O2. The molecular weight excluding hydrogens is 302 g/mol. The number of rotatable bonds is 3. The summed E-state index contributed by atoms with van der Waals surface area (Å²) in [4.78, 5) is 2.58. The van der Waals surface area contributed by atoms with Crippen molar-refractivity contribution in [1.29, 1.82) is 0 Å². The molecule has 2 bridgehead atoms. The maximum Gasteiger partial charge on any atom is 0.120 e. The summed E-state index contributed by atoms with van der Waals surface area (Å²) in [5.41, 5.74) is 1.24. The molecule has 1 aromatic carbocycles. The first-order valence-corrected chi connectivity index (χ1v) is 9.31. The van der Waals surface area contributed by atoms with Crippen LogP contribution < -0.4 is 4.74 Å². The van der Waals surface area contributed by atoms with Gasteiger partial charge in [-0.3, -0.25) is 4.68 Å². The summed E-state index contributed by atoms with van der Waals surface area (Å²) in [5, 5.41) is 5.93. The van der Waals surface area contributed by atoms with Gasteiger partial charge in [0, 0.05) is 24.8 Å². The molecule has 6 rings (SSSR count). The van der Waals surface area contributed by atoms with Gasteiger partial charge in [0.25, 0.3) is 0 Å². The van der Waals surface area contributed by atoms with Crippen molar-refractivity contribution in [3.8, 4) is 5.75 Å². The summed E-state index contributed by atoms with van der Waals surface area (Å²) in [5.74, 6) is 1.75. The van der Waals surface area contributed by atoms with Gasteiger partial charge >= 0.3 is 0 Å². The fraction of sp³-hybridized carbons (Fsp3) is 0.632. The van der Waals surface area contributed by atoms with Gasteiger partial charge in [-0.2, -0.15) is 5.10 Å². The van der Waals surface area contributed by atoms with Crippen LogP contribution >= 0.6 is 0 Å². The summed E-state index contributed by atoms with van der Waals surface area (Å²) in [7, 11) is 0. The molecule has 0 N–H and O–H groups in total. The minimum atomic E-state index is 0.285. The molecule has 5 heterocycles. The SMILES string of the molecule is c1cc2c(cnn2[C@@H]2CN3CCC2CC3)cc1OC1CCOCC1. The van der Waals surface area contributed by atoms with E-state index >= 15 is 0 Å². The predicted molar refractivity (Wildman–Crippen MR) is 92.4 cm³/mol. The van der Waals surface area contributed by atoms with Gasteiger partial charge in [0.1, 0.15) is 11.9 Å². The first kappa shape index (κ1) is 14.7. The Bertz CT molecular complexity index is 714. The van der Waals surface area contributed by atoms with E-state index in [1.807, 2.05) is 6.20 Å². The molecule has 4 saturated heterocycles.